The van der Waals surface area contributed by atoms with Crippen LogP contribution >= 0.6 is 0 Å². The van der Waals surface area contributed by atoms with Crippen molar-refractivity contribution in [2.24, 2.45) is 0 Å². The van der Waals surface area contributed by atoms with Crippen LogP contribution in [0, 0.1) is 18.8 Å². The summed E-state index contributed by atoms with van der Waals surface area (Å²) in [6.07, 6.45) is 1.92. The number of fused-ring (bicyclic) bond motifs is 4. The summed E-state index contributed by atoms with van der Waals surface area (Å²) in [6, 6.07) is 66.1. The number of para-hydroxylation sites is 2. The first-order valence-corrected chi connectivity index (χ1v) is 23.4. The van der Waals surface area contributed by atoms with E-state index in [4.69, 9.17) is 9.72 Å². The molecule has 68 heavy (non-hydrogen) atoms. The Labute approximate surface area is 417 Å². The average Bonchev–Trinajstić information content (AvgIpc) is 3.87. The van der Waals surface area contributed by atoms with E-state index in [0.717, 1.165) is 45.0 Å². The standard InChI is InChI=1S/C62H59N4O.Pt/c1-59(2,3)44-28-31-54-53(37-44)52-30-29-51(40-57(52)66(54)58-38-45(32-33-63-58)60(4,5)6)67-50-25-19-24-48(39-50)64-41-65(56-27-18-17-26-55(56)64)49-35-46(61(7,8)42-20-13-11-14-21-42)34-47(36-49)62(9,10)43-22-15-12-16-23-43;/h11-38,41H,1-10H3;/q-3;. The summed E-state index contributed by atoms with van der Waals surface area (Å²) in [5, 5.41) is 2.27. The quantitative estimate of drug-likeness (QED) is 0.135. The Kier molecular flexibility index (Phi) is 12.1. The Hall–Kier alpha value is -6.42. The van der Waals surface area contributed by atoms with E-state index in [2.05, 4.69) is 248 Å². The van der Waals surface area contributed by atoms with Crippen LogP contribution in [-0.4, -0.2) is 9.55 Å². The molecule has 0 spiro atoms. The summed E-state index contributed by atoms with van der Waals surface area (Å²) in [7, 11) is 0. The molecule has 0 N–H and O–H groups in total. The van der Waals surface area contributed by atoms with Crippen LogP contribution in [0.4, 0.5) is 22.7 Å². The molecule has 0 atom stereocenters. The summed E-state index contributed by atoms with van der Waals surface area (Å²) < 4.78 is 8.95. The molecule has 346 valence electrons. The summed E-state index contributed by atoms with van der Waals surface area (Å²) in [6.45, 7) is 25.0. The molecule has 0 saturated carbocycles. The Balaban J connectivity index is 0.00000578. The molecule has 6 heteroatoms. The van der Waals surface area contributed by atoms with Crippen LogP contribution in [0.15, 0.2) is 170 Å². The maximum absolute atomic E-state index is 6.72. The number of hydrogen-bond acceptors (Lipinski definition) is 4. The van der Waals surface area contributed by atoms with E-state index in [-0.39, 0.29) is 42.7 Å². The van der Waals surface area contributed by atoms with Crippen LogP contribution in [-0.2, 0) is 42.7 Å². The smallest absolute Gasteiger partial charge is 0.135 e. The van der Waals surface area contributed by atoms with Gasteiger partial charge in [-0.3, -0.25) is 0 Å². The molecule has 0 aliphatic carbocycles. The van der Waals surface area contributed by atoms with E-state index in [1.807, 2.05) is 24.4 Å². The van der Waals surface area contributed by atoms with Crippen molar-refractivity contribution in [1.82, 2.24) is 9.55 Å². The predicted octanol–water partition coefficient (Wildman–Crippen LogP) is 16.2. The number of hydrogen-bond donors (Lipinski definition) is 0. The average molecular weight is 1070 g/mol. The molecule has 2 aromatic heterocycles. The second kappa shape index (κ2) is 17.6. The molecule has 5 nitrogen and oxygen atoms in total. The van der Waals surface area contributed by atoms with Crippen LogP contribution in [0.2, 0.25) is 0 Å². The van der Waals surface area contributed by atoms with Gasteiger partial charge >= 0.3 is 0 Å². The normalized spacial score (nSPS) is 13.2. The minimum Gasteiger partial charge on any atom is -0.509 e. The van der Waals surface area contributed by atoms with E-state index in [9.17, 15) is 0 Å². The molecule has 7 aromatic carbocycles. The Morgan fingerprint density at radius 3 is 1.66 bits per heavy atom. The second-order valence-electron chi connectivity index (χ2n) is 21.2. The van der Waals surface area contributed by atoms with Crippen molar-refractivity contribution in [3.63, 3.8) is 0 Å². The monoisotopic (exact) mass is 1070 g/mol. The molecule has 0 bridgehead atoms. The summed E-state index contributed by atoms with van der Waals surface area (Å²) in [5.74, 6) is 2.06. The van der Waals surface area contributed by atoms with Crippen molar-refractivity contribution >= 4 is 44.6 Å². The third-order valence-corrected chi connectivity index (χ3v) is 13.9. The largest absolute Gasteiger partial charge is 0.509 e. The predicted molar refractivity (Wildman–Crippen MR) is 279 cm³/mol. The van der Waals surface area contributed by atoms with Crippen molar-refractivity contribution in [2.45, 2.75) is 90.9 Å². The van der Waals surface area contributed by atoms with Gasteiger partial charge in [-0.25, -0.2) is 4.98 Å². The second-order valence-corrected chi connectivity index (χ2v) is 21.2. The minimum atomic E-state index is -0.256. The van der Waals surface area contributed by atoms with Gasteiger partial charge in [0.25, 0.3) is 0 Å². The molecule has 0 saturated heterocycles. The zero-order valence-electron chi connectivity index (χ0n) is 40.8. The number of nitrogens with zero attached hydrogens (tertiary/aromatic N) is 4. The van der Waals surface area contributed by atoms with Crippen LogP contribution in [0.1, 0.15) is 103 Å². The molecular weight excluding hydrogens is 1010 g/mol. The summed E-state index contributed by atoms with van der Waals surface area (Å²) in [5.41, 5.74) is 13.1. The van der Waals surface area contributed by atoms with Crippen molar-refractivity contribution in [1.29, 1.82) is 0 Å². The number of benzene rings is 7. The molecule has 0 fully saturated rings. The number of pyridine rings is 1. The first-order chi connectivity index (χ1) is 32.0. The van der Waals surface area contributed by atoms with Gasteiger partial charge in [-0.15, -0.1) is 48.1 Å². The third-order valence-electron chi connectivity index (χ3n) is 13.9. The van der Waals surface area contributed by atoms with Gasteiger partial charge in [-0.2, -0.15) is 12.1 Å². The van der Waals surface area contributed by atoms with Crippen LogP contribution in [0.5, 0.6) is 11.5 Å². The van der Waals surface area contributed by atoms with Crippen LogP contribution in [0.25, 0.3) is 27.6 Å². The van der Waals surface area contributed by atoms with Crippen molar-refractivity contribution in [3.05, 3.63) is 222 Å². The molecule has 0 unspecified atom stereocenters. The maximum Gasteiger partial charge on any atom is 0.135 e. The Morgan fingerprint density at radius 1 is 0.471 bits per heavy atom. The molecule has 3 heterocycles. The van der Waals surface area contributed by atoms with Crippen molar-refractivity contribution in [3.8, 4) is 17.3 Å². The van der Waals surface area contributed by atoms with Gasteiger partial charge in [0, 0.05) is 72.2 Å². The first kappa shape index (κ1) is 46.7. The van der Waals surface area contributed by atoms with Gasteiger partial charge in [0.1, 0.15) is 5.82 Å². The van der Waals surface area contributed by atoms with Gasteiger partial charge in [0.2, 0.25) is 0 Å². The van der Waals surface area contributed by atoms with Crippen LogP contribution < -0.4 is 14.5 Å². The van der Waals surface area contributed by atoms with E-state index < -0.39 is 0 Å². The molecule has 1 aliphatic rings. The fourth-order valence-electron chi connectivity index (χ4n) is 9.47. The maximum atomic E-state index is 6.72. The SMILES string of the molecule is CC(C)(C)c1ccnc(-n2c3[c-]c(Oc4[c-]c(N5[CH-]N(c6cc(C(C)(C)c7ccccc7)cc(C(C)(C)c7ccccc7)c6)c6ccccc65)ccc4)ccc3c3cc(C(C)(C)C)ccc32)c1.[Pt]. The fraction of sp³-hybridized carbons (Fsp3) is 0.226. The third kappa shape index (κ3) is 8.56. The van der Waals surface area contributed by atoms with Gasteiger partial charge in [0.05, 0.1) is 0 Å². The summed E-state index contributed by atoms with van der Waals surface area (Å²) >= 11 is 0. The molecule has 0 radical (unpaired) electrons. The first-order valence-electron chi connectivity index (χ1n) is 23.4. The molecule has 0 amide bonds. The number of aromatic nitrogens is 2. The van der Waals surface area contributed by atoms with E-state index in [1.54, 1.807) is 0 Å². The Bertz CT molecular complexity index is 3210. The molecular formula is C62H59N4OPt-3. The zero-order chi connectivity index (χ0) is 46.9. The van der Waals surface area contributed by atoms with Crippen LogP contribution in [0.3, 0.4) is 0 Å². The molecule has 9 aromatic rings. The minimum absolute atomic E-state index is 0. The van der Waals surface area contributed by atoms with Gasteiger partial charge in [-0.05, 0) is 92.1 Å². The van der Waals surface area contributed by atoms with E-state index in [0.29, 0.717) is 11.5 Å². The number of anilines is 4. The molecule has 1 aliphatic heterocycles. The van der Waals surface area contributed by atoms with Gasteiger partial charge in [0.15, 0.2) is 0 Å². The number of ether oxygens (including phenoxy) is 1. The van der Waals surface area contributed by atoms with E-state index >= 15 is 0 Å². The van der Waals surface area contributed by atoms with Crippen molar-refractivity contribution in [2.75, 3.05) is 9.80 Å². The Morgan fingerprint density at radius 2 is 1.04 bits per heavy atom. The van der Waals surface area contributed by atoms with Gasteiger partial charge in [-0.1, -0.05) is 166 Å². The molecule has 10 rings (SSSR count). The zero-order valence-corrected chi connectivity index (χ0v) is 43.0. The summed E-state index contributed by atoms with van der Waals surface area (Å²) in [4.78, 5) is 9.46. The van der Waals surface area contributed by atoms with Gasteiger partial charge < -0.3 is 19.1 Å². The van der Waals surface area contributed by atoms with E-state index in [1.165, 1.54) is 38.8 Å². The van der Waals surface area contributed by atoms with Crippen molar-refractivity contribution < 1.29 is 25.8 Å². The number of rotatable bonds is 9. The fourth-order valence-corrected chi connectivity index (χ4v) is 9.47. The topological polar surface area (TPSA) is 33.5 Å².